The third-order valence-corrected chi connectivity index (χ3v) is 3.82. The van der Waals surface area contributed by atoms with Crippen molar-refractivity contribution in [3.63, 3.8) is 0 Å². The largest absolute Gasteiger partial charge is 1.00 e. The van der Waals surface area contributed by atoms with Gasteiger partial charge in [0.25, 0.3) is 0 Å². The van der Waals surface area contributed by atoms with Crippen LogP contribution in [0.15, 0.2) is 72.8 Å². The molecule has 0 bridgehead atoms. The first-order valence-corrected chi connectivity index (χ1v) is 7.34. The molecular weight excluding hydrogens is 455 g/mol. The Balaban J connectivity index is 0.00000161. The van der Waals surface area contributed by atoms with E-state index in [-0.39, 0.29) is 19.8 Å². The van der Waals surface area contributed by atoms with E-state index in [1.165, 1.54) is 5.30 Å². The van der Waals surface area contributed by atoms with Crippen LogP contribution in [-0.4, -0.2) is 4.98 Å². The molecule has 0 aliphatic heterocycles. The van der Waals surface area contributed by atoms with Crippen LogP contribution in [0.2, 0.25) is 0 Å². The van der Waals surface area contributed by atoms with Gasteiger partial charge in [-0.2, -0.15) is 18.2 Å². The zero-order valence-electron chi connectivity index (χ0n) is 11.1. The second-order valence-corrected chi connectivity index (χ2v) is 5.52. The van der Waals surface area contributed by atoms with Crippen molar-refractivity contribution in [3.8, 4) is 11.6 Å². The van der Waals surface area contributed by atoms with Crippen molar-refractivity contribution in [2.75, 3.05) is 0 Å². The molecule has 21 heavy (non-hydrogen) atoms. The summed E-state index contributed by atoms with van der Waals surface area (Å²) in [6, 6.07) is 26.7. The number of aromatic nitrogens is 1. The first kappa shape index (κ1) is 15.8. The summed E-state index contributed by atoms with van der Waals surface area (Å²) in [6.45, 7) is 0. The van der Waals surface area contributed by atoms with Crippen LogP contribution in [0.4, 0.5) is 0 Å². The first-order valence-electron chi connectivity index (χ1n) is 6.34. The van der Waals surface area contributed by atoms with Crippen molar-refractivity contribution in [1.29, 1.82) is 0 Å². The fourth-order valence-electron chi connectivity index (χ4n) is 1.76. The molecular formula is C17H13NOOsP. The predicted octanol–water partition coefficient (Wildman–Crippen LogP) is 3.30. The van der Waals surface area contributed by atoms with Crippen molar-refractivity contribution >= 4 is 19.3 Å². The van der Waals surface area contributed by atoms with Crippen LogP contribution in [0, 0.1) is 6.07 Å². The fourth-order valence-corrected chi connectivity index (χ4v) is 2.76. The average molecular weight is 469 g/mol. The molecule has 0 N–H and O–H groups in total. The van der Waals surface area contributed by atoms with Crippen LogP contribution in [0.25, 0.3) is 0 Å². The molecule has 0 saturated carbocycles. The number of ether oxygens (including phenoxy) is 1. The van der Waals surface area contributed by atoms with Gasteiger partial charge in [-0.25, -0.2) is 4.98 Å². The van der Waals surface area contributed by atoms with Gasteiger partial charge in [0, 0.05) is 11.8 Å². The number of benzene rings is 2. The zero-order chi connectivity index (χ0) is 13.6. The van der Waals surface area contributed by atoms with Crippen molar-refractivity contribution in [2.24, 2.45) is 0 Å². The van der Waals surface area contributed by atoms with Crippen LogP contribution in [0.3, 0.4) is 0 Å². The second kappa shape index (κ2) is 8.04. The monoisotopic (exact) mass is 470 g/mol. The summed E-state index contributed by atoms with van der Waals surface area (Å²) in [4.78, 5) is 4.53. The second-order valence-electron chi connectivity index (χ2n) is 4.18. The van der Waals surface area contributed by atoms with Gasteiger partial charge in [0.05, 0.1) is 5.44 Å². The maximum atomic E-state index is 5.69. The van der Waals surface area contributed by atoms with Crippen molar-refractivity contribution in [2.45, 2.75) is 0 Å². The van der Waals surface area contributed by atoms with E-state index < -0.39 is 0 Å². The summed E-state index contributed by atoms with van der Waals surface area (Å²) in [5.74, 6) is 1.29. The molecule has 1 unspecified atom stereocenters. The topological polar surface area (TPSA) is 22.1 Å². The van der Waals surface area contributed by atoms with Gasteiger partial charge in [-0.05, 0) is 20.0 Å². The van der Waals surface area contributed by atoms with E-state index in [1.807, 2.05) is 60.7 Å². The fraction of sp³-hybridized carbons (Fsp3) is 0. The maximum absolute atomic E-state index is 5.69. The van der Waals surface area contributed by atoms with E-state index in [2.05, 4.69) is 23.2 Å². The van der Waals surface area contributed by atoms with Gasteiger partial charge in [-0.3, -0.25) is 0 Å². The molecule has 0 fully saturated rings. The smallest absolute Gasteiger partial charge is 0.466 e. The Kier molecular flexibility index (Phi) is 6.06. The number of hydrogen-bond donors (Lipinski definition) is 0. The Morgan fingerprint density at radius 1 is 0.857 bits per heavy atom. The normalized spacial score (nSPS) is 10.3. The Labute approximate surface area is 139 Å². The SMILES string of the molecule is [Os+].[c-]1ccccc1Oc1cccc(Pc2ccccc2)n1. The van der Waals surface area contributed by atoms with Crippen molar-refractivity contribution in [3.05, 3.63) is 78.9 Å². The van der Waals surface area contributed by atoms with Gasteiger partial charge >= 0.3 is 19.8 Å². The Morgan fingerprint density at radius 3 is 2.43 bits per heavy atom. The molecule has 3 aromatic rings. The van der Waals surface area contributed by atoms with Crippen LogP contribution in [0.5, 0.6) is 11.6 Å². The van der Waals surface area contributed by atoms with Crippen molar-refractivity contribution < 1.29 is 24.5 Å². The van der Waals surface area contributed by atoms with E-state index in [0.717, 1.165) is 5.44 Å². The quantitative estimate of drug-likeness (QED) is 0.433. The Bertz CT molecular complexity index is 620. The summed E-state index contributed by atoms with van der Waals surface area (Å²) >= 11 is 0. The molecule has 105 valence electrons. The average Bonchev–Trinajstić information content (AvgIpc) is 2.50. The van der Waals surface area contributed by atoms with Crippen LogP contribution >= 0.6 is 8.58 Å². The number of hydrogen-bond acceptors (Lipinski definition) is 2. The standard InChI is InChI=1S/C17H13NOP.Os/c1-3-8-14(9-4-1)19-16-12-7-13-17(18-16)20-15-10-5-2-6-11-15;/h1-8,10-13,20H;/q-1;+1. The van der Waals surface area contributed by atoms with E-state index >= 15 is 0 Å². The van der Waals surface area contributed by atoms with Crippen LogP contribution < -0.4 is 15.5 Å². The Morgan fingerprint density at radius 2 is 1.67 bits per heavy atom. The molecule has 1 heterocycles. The van der Waals surface area contributed by atoms with Gasteiger partial charge in [0.2, 0.25) is 5.88 Å². The molecule has 0 aliphatic carbocycles. The van der Waals surface area contributed by atoms with E-state index in [0.29, 0.717) is 20.2 Å². The summed E-state index contributed by atoms with van der Waals surface area (Å²) in [6.07, 6.45) is 0. The predicted molar refractivity (Wildman–Crippen MR) is 83.6 cm³/mol. The van der Waals surface area contributed by atoms with E-state index in [4.69, 9.17) is 4.74 Å². The molecule has 0 spiro atoms. The number of rotatable bonds is 4. The minimum absolute atomic E-state index is 0. The van der Waals surface area contributed by atoms with Gasteiger partial charge < -0.3 is 4.74 Å². The summed E-state index contributed by atoms with van der Waals surface area (Å²) < 4.78 is 5.69. The van der Waals surface area contributed by atoms with Gasteiger partial charge in [-0.15, -0.1) is 12.1 Å². The number of para-hydroxylation sites is 1. The molecule has 1 aromatic heterocycles. The van der Waals surface area contributed by atoms with Crippen LogP contribution in [0.1, 0.15) is 0 Å². The summed E-state index contributed by atoms with van der Waals surface area (Å²) in [7, 11) is 0.533. The van der Waals surface area contributed by atoms with Gasteiger partial charge in [-0.1, -0.05) is 36.4 Å². The van der Waals surface area contributed by atoms with Crippen molar-refractivity contribution in [1.82, 2.24) is 4.98 Å². The third kappa shape index (κ3) is 4.74. The first-order chi connectivity index (χ1) is 9.90. The molecule has 3 rings (SSSR count). The molecule has 4 heteroatoms. The van der Waals surface area contributed by atoms with E-state index in [1.54, 1.807) is 0 Å². The molecule has 0 saturated heterocycles. The van der Waals surface area contributed by atoms with Crippen LogP contribution in [-0.2, 0) is 19.8 Å². The number of nitrogens with zero attached hydrogens (tertiary/aromatic N) is 1. The van der Waals surface area contributed by atoms with E-state index in [9.17, 15) is 0 Å². The van der Waals surface area contributed by atoms with Gasteiger partial charge in [0.15, 0.2) is 0 Å². The van der Waals surface area contributed by atoms with Gasteiger partial charge in [0.1, 0.15) is 0 Å². The molecule has 2 aromatic carbocycles. The molecule has 1 radical (unpaired) electrons. The number of pyridine rings is 1. The minimum atomic E-state index is 0. The minimum Gasteiger partial charge on any atom is -0.466 e. The molecule has 0 amide bonds. The Hall–Kier alpha value is -1.54. The maximum Gasteiger partial charge on any atom is 1.00 e. The zero-order valence-corrected chi connectivity index (χ0v) is 14.7. The molecule has 0 aliphatic rings. The molecule has 1 atom stereocenters. The molecule has 2 nitrogen and oxygen atoms in total. The summed E-state index contributed by atoms with van der Waals surface area (Å²) in [5.41, 5.74) is 1.02. The summed E-state index contributed by atoms with van der Waals surface area (Å²) in [5, 5.41) is 1.27. The third-order valence-electron chi connectivity index (χ3n) is 2.66.